The van der Waals surface area contributed by atoms with E-state index < -0.39 is 0 Å². The minimum Gasteiger partial charge on any atom is -0.491 e. The summed E-state index contributed by atoms with van der Waals surface area (Å²) in [5.74, 6) is 0.646. The molecule has 1 amide bonds. The first-order chi connectivity index (χ1) is 9.70. The molecule has 0 spiro atoms. The van der Waals surface area contributed by atoms with Gasteiger partial charge in [0.25, 0.3) is 0 Å². The molecule has 1 aromatic carbocycles. The number of benzene rings is 1. The van der Waals surface area contributed by atoms with Crippen molar-refractivity contribution in [2.45, 2.75) is 25.3 Å². The van der Waals surface area contributed by atoms with Gasteiger partial charge in [0.2, 0.25) is 5.91 Å². The van der Waals surface area contributed by atoms with Crippen molar-refractivity contribution >= 4 is 24.0 Å². The molecule has 1 aliphatic carbocycles. The number of carbonyl (C=O) groups is 1. The number of anilines is 1. The number of ether oxygens (including phenoxy) is 2. The molecule has 1 fully saturated rings. The highest BCUT2D eigenvalue weighted by Crippen LogP contribution is 2.26. The van der Waals surface area contributed by atoms with Crippen molar-refractivity contribution in [2.24, 2.45) is 11.7 Å². The molecule has 2 rings (SSSR count). The topological polar surface area (TPSA) is 73.6 Å². The lowest BCUT2D eigenvalue weighted by molar-refractivity contribution is -0.120. The zero-order valence-electron chi connectivity index (χ0n) is 12.2. The van der Waals surface area contributed by atoms with Gasteiger partial charge in [0.05, 0.1) is 12.5 Å². The molecule has 0 aliphatic heterocycles. The number of amides is 1. The van der Waals surface area contributed by atoms with Gasteiger partial charge in [-0.2, -0.15) is 0 Å². The fourth-order valence-electron chi connectivity index (χ4n) is 2.46. The molecule has 118 valence electrons. The van der Waals surface area contributed by atoms with Crippen LogP contribution in [0.4, 0.5) is 5.69 Å². The number of nitrogens with one attached hydrogen (secondary N) is 1. The van der Waals surface area contributed by atoms with Crippen LogP contribution >= 0.6 is 12.4 Å². The Bertz CT molecular complexity index is 456. The molecule has 2 atom stereocenters. The average molecular weight is 315 g/mol. The van der Waals surface area contributed by atoms with E-state index in [9.17, 15) is 4.79 Å². The lowest BCUT2D eigenvalue weighted by Crippen LogP contribution is -2.34. The number of hydrogen-bond donors (Lipinski definition) is 2. The number of halogens is 1. The van der Waals surface area contributed by atoms with Crippen LogP contribution in [0.25, 0.3) is 0 Å². The summed E-state index contributed by atoms with van der Waals surface area (Å²) in [7, 11) is 1.63. The first kappa shape index (κ1) is 17.8. The van der Waals surface area contributed by atoms with Crippen molar-refractivity contribution in [3.05, 3.63) is 24.3 Å². The predicted molar refractivity (Wildman–Crippen MR) is 85.0 cm³/mol. The molecule has 0 saturated heterocycles. The highest BCUT2D eigenvalue weighted by Gasteiger charge is 2.30. The van der Waals surface area contributed by atoms with Crippen LogP contribution in [0.15, 0.2) is 24.3 Å². The van der Waals surface area contributed by atoms with Gasteiger partial charge in [0, 0.05) is 24.9 Å². The third kappa shape index (κ3) is 5.19. The Morgan fingerprint density at radius 3 is 2.86 bits per heavy atom. The molecular formula is C15H23ClN2O3. The van der Waals surface area contributed by atoms with E-state index in [0.29, 0.717) is 13.2 Å². The Balaban J connectivity index is 0.00000220. The number of methoxy groups -OCH3 is 1. The van der Waals surface area contributed by atoms with Crippen LogP contribution in [0.1, 0.15) is 19.3 Å². The summed E-state index contributed by atoms with van der Waals surface area (Å²) in [5, 5.41) is 2.91. The number of nitrogens with two attached hydrogens (primary N) is 1. The molecule has 0 radical (unpaired) electrons. The van der Waals surface area contributed by atoms with Gasteiger partial charge in [-0.25, -0.2) is 0 Å². The molecule has 0 bridgehead atoms. The smallest absolute Gasteiger partial charge is 0.229 e. The van der Waals surface area contributed by atoms with E-state index in [-0.39, 0.29) is 30.3 Å². The van der Waals surface area contributed by atoms with Gasteiger partial charge < -0.3 is 20.5 Å². The highest BCUT2D eigenvalue weighted by atomic mass is 35.5. The van der Waals surface area contributed by atoms with Crippen molar-refractivity contribution in [3.8, 4) is 5.75 Å². The number of hydrogen-bond acceptors (Lipinski definition) is 4. The molecule has 0 heterocycles. The monoisotopic (exact) mass is 314 g/mol. The summed E-state index contributed by atoms with van der Waals surface area (Å²) in [6, 6.07) is 7.35. The molecule has 1 aromatic rings. The fourth-order valence-corrected chi connectivity index (χ4v) is 2.46. The Hall–Kier alpha value is -1.30. The maximum Gasteiger partial charge on any atom is 0.229 e. The lowest BCUT2D eigenvalue weighted by atomic mass is 10.0. The van der Waals surface area contributed by atoms with Crippen molar-refractivity contribution in [2.75, 3.05) is 25.6 Å². The van der Waals surface area contributed by atoms with E-state index in [2.05, 4.69) is 5.32 Å². The van der Waals surface area contributed by atoms with Gasteiger partial charge in [0.15, 0.2) is 0 Å². The molecule has 21 heavy (non-hydrogen) atoms. The minimum atomic E-state index is -0.0759. The second-order valence-electron chi connectivity index (χ2n) is 5.06. The van der Waals surface area contributed by atoms with Crippen molar-refractivity contribution in [1.82, 2.24) is 0 Å². The molecule has 1 aliphatic rings. The van der Waals surface area contributed by atoms with Gasteiger partial charge in [-0.05, 0) is 25.0 Å². The summed E-state index contributed by atoms with van der Waals surface area (Å²) < 4.78 is 10.4. The Kier molecular flexibility index (Phi) is 7.50. The largest absolute Gasteiger partial charge is 0.491 e. The standard InChI is InChI=1S/C15H22N2O3.ClH/c1-19-8-9-20-12-5-2-4-11(10-12)17-15(18)13-6-3-7-14(13)16;/h2,4-5,10,13-14H,3,6-9,16H2,1H3,(H,17,18);1H. The number of carbonyl (C=O) groups excluding carboxylic acids is 1. The maximum atomic E-state index is 12.1. The second kappa shape index (κ2) is 8.87. The molecule has 0 aromatic heterocycles. The van der Waals surface area contributed by atoms with Crippen LogP contribution in [-0.4, -0.2) is 32.3 Å². The van der Waals surface area contributed by atoms with Crippen LogP contribution < -0.4 is 15.8 Å². The fraction of sp³-hybridized carbons (Fsp3) is 0.533. The van der Waals surface area contributed by atoms with Gasteiger partial charge in [-0.15, -0.1) is 12.4 Å². The molecular weight excluding hydrogens is 292 g/mol. The van der Waals surface area contributed by atoms with Crippen LogP contribution in [-0.2, 0) is 9.53 Å². The van der Waals surface area contributed by atoms with Gasteiger partial charge in [-0.1, -0.05) is 12.5 Å². The molecule has 6 heteroatoms. The van der Waals surface area contributed by atoms with Crippen LogP contribution in [0.5, 0.6) is 5.75 Å². The van der Waals surface area contributed by atoms with E-state index in [1.165, 1.54) is 0 Å². The van der Waals surface area contributed by atoms with Crippen molar-refractivity contribution < 1.29 is 14.3 Å². The Labute approximate surface area is 131 Å². The summed E-state index contributed by atoms with van der Waals surface area (Å²) in [5.41, 5.74) is 6.68. The molecule has 1 saturated carbocycles. The second-order valence-corrected chi connectivity index (χ2v) is 5.06. The predicted octanol–water partition coefficient (Wildman–Crippen LogP) is 2.20. The van der Waals surface area contributed by atoms with Crippen molar-refractivity contribution in [3.63, 3.8) is 0 Å². The normalized spacial score (nSPS) is 20.7. The minimum absolute atomic E-state index is 0. The lowest BCUT2D eigenvalue weighted by Gasteiger charge is -2.15. The Morgan fingerprint density at radius 2 is 2.19 bits per heavy atom. The zero-order valence-corrected chi connectivity index (χ0v) is 13.0. The van der Waals surface area contributed by atoms with Gasteiger partial charge in [0.1, 0.15) is 12.4 Å². The van der Waals surface area contributed by atoms with Crippen LogP contribution in [0.3, 0.4) is 0 Å². The van der Waals surface area contributed by atoms with Crippen LogP contribution in [0.2, 0.25) is 0 Å². The Morgan fingerprint density at radius 1 is 1.38 bits per heavy atom. The van der Waals surface area contributed by atoms with E-state index in [4.69, 9.17) is 15.2 Å². The summed E-state index contributed by atoms with van der Waals surface area (Å²) in [6.45, 7) is 1.02. The summed E-state index contributed by atoms with van der Waals surface area (Å²) in [6.07, 6.45) is 2.83. The SMILES string of the molecule is COCCOc1cccc(NC(=O)C2CCCC2N)c1.Cl. The zero-order chi connectivity index (χ0) is 14.4. The summed E-state index contributed by atoms with van der Waals surface area (Å²) in [4.78, 5) is 12.1. The highest BCUT2D eigenvalue weighted by molar-refractivity contribution is 5.93. The van der Waals surface area contributed by atoms with Gasteiger partial charge in [-0.3, -0.25) is 4.79 Å². The van der Waals surface area contributed by atoms with E-state index in [1.807, 2.05) is 24.3 Å². The third-order valence-electron chi connectivity index (χ3n) is 3.56. The maximum absolute atomic E-state index is 12.1. The third-order valence-corrected chi connectivity index (χ3v) is 3.56. The van der Waals surface area contributed by atoms with E-state index in [0.717, 1.165) is 30.7 Å². The quantitative estimate of drug-likeness (QED) is 0.789. The van der Waals surface area contributed by atoms with Crippen LogP contribution in [0, 0.1) is 5.92 Å². The van der Waals surface area contributed by atoms with Crippen molar-refractivity contribution in [1.29, 1.82) is 0 Å². The van der Waals surface area contributed by atoms with E-state index >= 15 is 0 Å². The first-order valence-electron chi connectivity index (χ1n) is 6.99. The van der Waals surface area contributed by atoms with E-state index in [1.54, 1.807) is 7.11 Å². The molecule has 3 N–H and O–H groups in total. The molecule has 2 unspecified atom stereocenters. The number of rotatable bonds is 6. The summed E-state index contributed by atoms with van der Waals surface area (Å²) >= 11 is 0. The first-order valence-corrected chi connectivity index (χ1v) is 6.99. The molecule has 5 nitrogen and oxygen atoms in total. The van der Waals surface area contributed by atoms with Gasteiger partial charge >= 0.3 is 0 Å². The average Bonchev–Trinajstić information content (AvgIpc) is 2.86.